The molecule has 1 N–H and O–H groups in total. The van der Waals surface area contributed by atoms with E-state index >= 15 is 0 Å². The van der Waals surface area contributed by atoms with E-state index in [1.807, 2.05) is 10.9 Å². The number of amides is 1. The minimum absolute atomic E-state index is 0.0972. The highest BCUT2D eigenvalue weighted by molar-refractivity contribution is 5.92. The zero-order chi connectivity index (χ0) is 14.5. The lowest BCUT2D eigenvalue weighted by Gasteiger charge is -2.22. The van der Waals surface area contributed by atoms with Crippen molar-refractivity contribution in [3.8, 4) is 0 Å². The third-order valence-corrected chi connectivity index (χ3v) is 4.21. The van der Waals surface area contributed by atoms with Crippen LogP contribution in [0.1, 0.15) is 38.5 Å². The van der Waals surface area contributed by atoms with Crippen LogP contribution in [0, 0.1) is 5.92 Å². The van der Waals surface area contributed by atoms with E-state index in [9.17, 15) is 4.79 Å². The summed E-state index contributed by atoms with van der Waals surface area (Å²) in [4.78, 5) is 12.2. The smallest absolute Gasteiger partial charge is 0.227 e. The molecule has 5 nitrogen and oxygen atoms in total. The third-order valence-electron chi connectivity index (χ3n) is 4.21. The van der Waals surface area contributed by atoms with E-state index < -0.39 is 0 Å². The number of rotatable bonds is 4. The van der Waals surface area contributed by atoms with Crippen molar-refractivity contribution in [2.75, 3.05) is 11.9 Å². The summed E-state index contributed by atoms with van der Waals surface area (Å²) in [6.45, 7) is 1.62. The maximum absolute atomic E-state index is 12.2. The Balaban J connectivity index is 1.52. The van der Waals surface area contributed by atoms with Crippen LogP contribution < -0.4 is 5.32 Å². The summed E-state index contributed by atoms with van der Waals surface area (Å²) >= 11 is 0. The van der Waals surface area contributed by atoms with Gasteiger partial charge in [0.25, 0.3) is 0 Å². The highest BCUT2D eigenvalue weighted by Crippen LogP contribution is 2.20. The lowest BCUT2D eigenvalue weighted by molar-refractivity contribution is -0.120. The fourth-order valence-corrected chi connectivity index (χ4v) is 2.96. The first kappa shape index (κ1) is 14.3. The molecule has 1 aromatic rings. The topological polar surface area (TPSA) is 56.2 Å². The van der Waals surface area contributed by atoms with Crippen molar-refractivity contribution in [2.45, 2.75) is 51.2 Å². The Kier molecular flexibility index (Phi) is 4.70. The normalized spacial score (nSPS) is 25.7. The molecular weight excluding hydrogens is 266 g/mol. The molecule has 2 atom stereocenters. The molecule has 0 unspecified atom stereocenters. The highest BCUT2D eigenvalue weighted by atomic mass is 16.5. The Hall–Kier alpha value is -1.62. The van der Waals surface area contributed by atoms with Crippen molar-refractivity contribution >= 4 is 11.6 Å². The van der Waals surface area contributed by atoms with Crippen LogP contribution in [0.15, 0.2) is 24.5 Å². The van der Waals surface area contributed by atoms with E-state index in [4.69, 9.17) is 4.74 Å². The minimum Gasteiger partial charge on any atom is -0.376 e. The van der Waals surface area contributed by atoms with Gasteiger partial charge in [-0.1, -0.05) is 12.2 Å². The van der Waals surface area contributed by atoms with Gasteiger partial charge in [0, 0.05) is 18.7 Å². The number of carbonyl (C=O) groups excluding carboxylic acids is 1. The number of nitrogens with zero attached hydrogens (tertiary/aromatic N) is 2. The van der Waals surface area contributed by atoms with Crippen LogP contribution in [0.25, 0.3) is 0 Å². The number of carbonyl (C=O) groups is 1. The summed E-state index contributed by atoms with van der Waals surface area (Å²) in [5, 5.41) is 7.29. The second-order valence-corrected chi connectivity index (χ2v) is 5.91. The molecule has 1 aromatic heterocycles. The maximum atomic E-state index is 12.2. The summed E-state index contributed by atoms with van der Waals surface area (Å²) in [5.74, 6) is 0.202. The fraction of sp³-hybridized carbons (Fsp3) is 0.625. The van der Waals surface area contributed by atoms with Crippen molar-refractivity contribution in [3.63, 3.8) is 0 Å². The van der Waals surface area contributed by atoms with Crippen LogP contribution in [-0.2, 0) is 16.1 Å². The Labute approximate surface area is 125 Å². The van der Waals surface area contributed by atoms with Crippen molar-refractivity contribution in [3.05, 3.63) is 24.5 Å². The maximum Gasteiger partial charge on any atom is 0.227 e. The largest absolute Gasteiger partial charge is 0.376 e. The number of hydrogen-bond acceptors (Lipinski definition) is 3. The average Bonchev–Trinajstić information content (AvgIpc) is 2.96. The summed E-state index contributed by atoms with van der Waals surface area (Å²) in [7, 11) is 0. The molecule has 1 saturated heterocycles. The van der Waals surface area contributed by atoms with E-state index in [0.717, 1.165) is 50.9 Å². The fourth-order valence-electron chi connectivity index (χ4n) is 2.96. The molecule has 5 heteroatoms. The lowest BCUT2D eigenvalue weighted by atomic mass is 9.94. The molecule has 2 aliphatic rings. The van der Waals surface area contributed by atoms with Gasteiger partial charge in [-0.3, -0.25) is 9.48 Å². The summed E-state index contributed by atoms with van der Waals surface area (Å²) in [5.41, 5.74) is 0.783. The van der Waals surface area contributed by atoms with Gasteiger partial charge in [-0.05, 0) is 38.5 Å². The third kappa shape index (κ3) is 3.94. The van der Waals surface area contributed by atoms with E-state index in [0.29, 0.717) is 0 Å². The molecule has 2 heterocycles. The molecule has 0 aromatic carbocycles. The van der Waals surface area contributed by atoms with Gasteiger partial charge in [0.15, 0.2) is 0 Å². The predicted octanol–water partition coefficient (Wildman–Crippen LogP) is 2.75. The number of ether oxygens (including phenoxy) is 1. The Morgan fingerprint density at radius 1 is 1.38 bits per heavy atom. The number of hydrogen-bond donors (Lipinski definition) is 1. The first-order chi connectivity index (χ1) is 10.3. The summed E-state index contributed by atoms with van der Waals surface area (Å²) in [6.07, 6.45) is 14.4. The Morgan fingerprint density at radius 3 is 3.10 bits per heavy atom. The molecular formula is C16H23N3O2. The summed E-state index contributed by atoms with van der Waals surface area (Å²) < 4.78 is 7.58. The van der Waals surface area contributed by atoms with E-state index in [1.54, 1.807) is 6.20 Å². The molecule has 0 saturated carbocycles. The van der Waals surface area contributed by atoms with E-state index in [2.05, 4.69) is 22.6 Å². The summed E-state index contributed by atoms with van der Waals surface area (Å²) in [6, 6.07) is 0. The van der Waals surface area contributed by atoms with Gasteiger partial charge in [0.05, 0.1) is 24.5 Å². The van der Waals surface area contributed by atoms with E-state index in [-0.39, 0.29) is 17.9 Å². The molecule has 1 fully saturated rings. The van der Waals surface area contributed by atoms with Gasteiger partial charge in [0.1, 0.15) is 0 Å². The monoisotopic (exact) mass is 289 g/mol. The quantitative estimate of drug-likeness (QED) is 0.867. The van der Waals surface area contributed by atoms with Gasteiger partial charge in [-0.25, -0.2) is 0 Å². The molecule has 1 aliphatic heterocycles. The molecule has 0 radical (unpaired) electrons. The molecule has 21 heavy (non-hydrogen) atoms. The van der Waals surface area contributed by atoms with Crippen LogP contribution in [0.2, 0.25) is 0 Å². The Morgan fingerprint density at radius 2 is 2.33 bits per heavy atom. The molecule has 1 amide bonds. The van der Waals surface area contributed by atoms with Gasteiger partial charge in [0.2, 0.25) is 5.91 Å². The van der Waals surface area contributed by atoms with Gasteiger partial charge in [-0.15, -0.1) is 0 Å². The van der Waals surface area contributed by atoms with Crippen LogP contribution >= 0.6 is 0 Å². The first-order valence-electron chi connectivity index (χ1n) is 7.91. The van der Waals surface area contributed by atoms with Crippen LogP contribution in [-0.4, -0.2) is 28.4 Å². The van der Waals surface area contributed by atoms with E-state index in [1.165, 1.54) is 6.42 Å². The standard InChI is InChI=1S/C16H23N3O2/c20-16(13-6-2-1-3-7-13)18-14-10-17-19(11-14)12-15-8-4-5-9-21-15/h1-2,10-11,13,15H,3-9,12H2,(H,18,20)/t13-,15+/m1/s1. The second kappa shape index (κ2) is 6.89. The zero-order valence-corrected chi connectivity index (χ0v) is 12.3. The molecule has 0 bridgehead atoms. The van der Waals surface area contributed by atoms with Gasteiger partial charge < -0.3 is 10.1 Å². The first-order valence-corrected chi connectivity index (χ1v) is 7.91. The molecule has 1 aliphatic carbocycles. The van der Waals surface area contributed by atoms with Gasteiger partial charge >= 0.3 is 0 Å². The van der Waals surface area contributed by atoms with Gasteiger partial charge in [-0.2, -0.15) is 5.10 Å². The van der Waals surface area contributed by atoms with Crippen molar-refractivity contribution < 1.29 is 9.53 Å². The van der Waals surface area contributed by atoms with Crippen LogP contribution in [0.4, 0.5) is 5.69 Å². The van der Waals surface area contributed by atoms with Crippen molar-refractivity contribution in [2.24, 2.45) is 5.92 Å². The Bertz CT molecular complexity index is 503. The number of anilines is 1. The molecule has 0 spiro atoms. The highest BCUT2D eigenvalue weighted by Gasteiger charge is 2.19. The number of allylic oxidation sites excluding steroid dienone is 2. The number of aromatic nitrogens is 2. The molecule has 114 valence electrons. The predicted molar refractivity (Wildman–Crippen MR) is 80.9 cm³/mol. The SMILES string of the molecule is O=C(Nc1cnn(C[C@@H]2CCCCO2)c1)[C@@H]1CC=CCC1. The van der Waals surface area contributed by atoms with Crippen molar-refractivity contribution in [1.82, 2.24) is 9.78 Å². The molecule has 3 rings (SSSR count). The van der Waals surface area contributed by atoms with Crippen molar-refractivity contribution in [1.29, 1.82) is 0 Å². The number of nitrogens with one attached hydrogen (secondary N) is 1. The van der Waals surface area contributed by atoms with Crippen LogP contribution in [0.5, 0.6) is 0 Å². The minimum atomic E-state index is 0.0972. The van der Waals surface area contributed by atoms with Crippen LogP contribution in [0.3, 0.4) is 0 Å². The average molecular weight is 289 g/mol. The lowest BCUT2D eigenvalue weighted by Crippen LogP contribution is -2.25. The zero-order valence-electron chi connectivity index (χ0n) is 12.3. The second-order valence-electron chi connectivity index (χ2n) is 5.91.